The average molecular weight is 404 g/mol. The molecule has 0 unspecified atom stereocenters. The number of pyridine rings is 2. The van der Waals surface area contributed by atoms with Gasteiger partial charge in [-0.2, -0.15) is 0 Å². The SMILES string of the molecule is COCCNc1ccc(-c2c[nH]c3ncc(-c4ccc(OC)c(OC)c4)cc23)cn1. The third kappa shape index (κ3) is 3.92. The Kier molecular flexibility index (Phi) is 5.81. The molecule has 0 fully saturated rings. The number of rotatable bonds is 8. The van der Waals surface area contributed by atoms with E-state index in [1.54, 1.807) is 21.3 Å². The van der Waals surface area contributed by atoms with Crippen LogP contribution >= 0.6 is 0 Å². The molecule has 0 aliphatic heterocycles. The molecule has 4 rings (SSSR count). The fourth-order valence-corrected chi connectivity index (χ4v) is 3.35. The zero-order valence-corrected chi connectivity index (χ0v) is 17.2. The summed E-state index contributed by atoms with van der Waals surface area (Å²) in [6.07, 6.45) is 5.68. The van der Waals surface area contributed by atoms with Crippen molar-refractivity contribution in [2.75, 3.05) is 39.8 Å². The highest BCUT2D eigenvalue weighted by molar-refractivity contribution is 5.95. The number of anilines is 1. The lowest BCUT2D eigenvalue weighted by molar-refractivity contribution is 0.210. The fourth-order valence-electron chi connectivity index (χ4n) is 3.35. The van der Waals surface area contributed by atoms with Gasteiger partial charge in [0.1, 0.15) is 11.5 Å². The Hall–Kier alpha value is -3.58. The minimum Gasteiger partial charge on any atom is -0.493 e. The molecule has 4 aromatic rings. The summed E-state index contributed by atoms with van der Waals surface area (Å²) in [5, 5.41) is 4.26. The van der Waals surface area contributed by atoms with E-state index >= 15 is 0 Å². The minimum absolute atomic E-state index is 0.635. The maximum absolute atomic E-state index is 5.44. The van der Waals surface area contributed by atoms with Gasteiger partial charge in [-0.25, -0.2) is 9.97 Å². The van der Waals surface area contributed by atoms with Crippen LogP contribution in [-0.2, 0) is 4.74 Å². The highest BCUT2D eigenvalue weighted by Crippen LogP contribution is 2.35. The maximum atomic E-state index is 5.44. The first-order valence-corrected chi connectivity index (χ1v) is 9.62. The molecule has 0 saturated heterocycles. The molecule has 0 radical (unpaired) electrons. The quantitative estimate of drug-likeness (QED) is 0.425. The van der Waals surface area contributed by atoms with E-state index in [4.69, 9.17) is 14.2 Å². The summed E-state index contributed by atoms with van der Waals surface area (Å²) < 4.78 is 15.8. The predicted molar refractivity (Wildman–Crippen MR) is 118 cm³/mol. The number of methoxy groups -OCH3 is 3. The molecule has 0 aliphatic carbocycles. The summed E-state index contributed by atoms with van der Waals surface area (Å²) >= 11 is 0. The Balaban J connectivity index is 1.67. The Morgan fingerprint density at radius 3 is 2.40 bits per heavy atom. The van der Waals surface area contributed by atoms with Crippen molar-refractivity contribution in [3.63, 3.8) is 0 Å². The van der Waals surface area contributed by atoms with Crippen molar-refractivity contribution in [3.8, 4) is 33.8 Å². The van der Waals surface area contributed by atoms with Crippen LogP contribution < -0.4 is 14.8 Å². The van der Waals surface area contributed by atoms with Gasteiger partial charge < -0.3 is 24.5 Å². The highest BCUT2D eigenvalue weighted by Gasteiger charge is 2.11. The molecule has 7 heteroatoms. The van der Waals surface area contributed by atoms with Gasteiger partial charge in [0.05, 0.1) is 20.8 Å². The molecule has 2 N–H and O–H groups in total. The molecule has 0 saturated carbocycles. The molecule has 154 valence electrons. The standard InChI is InChI=1S/C23H24N4O3/c1-28-9-8-24-22-7-5-16(12-25-22)19-14-27-23-18(19)10-17(13-26-23)15-4-6-20(29-2)21(11-15)30-3/h4-7,10-14H,8-9H2,1-3H3,(H,24,25)(H,26,27). The normalized spacial score (nSPS) is 10.9. The van der Waals surface area contributed by atoms with Crippen molar-refractivity contribution >= 4 is 16.9 Å². The molecule has 30 heavy (non-hydrogen) atoms. The first-order chi connectivity index (χ1) is 14.7. The molecule has 3 heterocycles. The summed E-state index contributed by atoms with van der Waals surface area (Å²) in [6, 6.07) is 12.0. The van der Waals surface area contributed by atoms with Gasteiger partial charge in [0.2, 0.25) is 0 Å². The van der Waals surface area contributed by atoms with Crippen molar-refractivity contribution in [2.24, 2.45) is 0 Å². The molecule has 0 spiro atoms. The third-order valence-electron chi connectivity index (χ3n) is 4.93. The number of hydrogen-bond donors (Lipinski definition) is 2. The lowest BCUT2D eigenvalue weighted by Crippen LogP contribution is -2.08. The second-order valence-corrected chi connectivity index (χ2v) is 6.74. The van der Waals surface area contributed by atoms with Gasteiger partial charge in [0.15, 0.2) is 11.5 Å². The molecule has 1 aromatic carbocycles. The van der Waals surface area contributed by atoms with Crippen molar-refractivity contribution in [3.05, 3.63) is 55.0 Å². The largest absolute Gasteiger partial charge is 0.493 e. The van der Waals surface area contributed by atoms with Crippen molar-refractivity contribution in [2.45, 2.75) is 0 Å². The Labute approximate surface area is 175 Å². The lowest BCUT2D eigenvalue weighted by Gasteiger charge is -2.10. The van der Waals surface area contributed by atoms with E-state index < -0.39 is 0 Å². The first-order valence-electron chi connectivity index (χ1n) is 9.62. The number of fused-ring (bicyclic) bond motifs is 1. The van der Waals surface area contributed by atoms with Crippen molar-refractivity contribution < 1.29 is 14.2 Å². The summed E-state index contributed by atoms with van der Waals surface area (Å²) in [6.45, 7) is 1.35. The van der Waals surface area contributed by atoms with E-state index in [0.29, 0.717) is 24.7 Å². The molecule has 0 atom stereocenters. The topological polar surface area (TPSA) is 81.3 Å². The van der Waals surface area contributed by atoms with Crippen molar-refractivity contribution in [1.29, 1.82) is 0 Å². The summed E-state index contributed by atoms with van der Waals surface area (Å²) in [5.74, 6) is 2.20. The smallest absolute Gasteiger partial charge is 0.161 e. The third-order valence-corrected chi connectivity index (χ3v) is 4.93. The van der Waals surface area contributed by atoms with Crippen molar-refractivity contribution in [1.82, 2.24) is 15.0 Å². The Morgan fingerprint density at radius 1 is 0.867 bits per heavy atom. The molecular formula is C23H24N4O3. The van der Waals surface area contributed by atoms with Crippen LogP contribution in [0.15, 0.2) is 55.0 Å². The van der Waals surface area contributed by atoms with Crippen LogP contribution in [0.25, 0.3) is 33.3 Å². The number of nitrogens with one attached hydrogen (secondary N) is 2. The number of nitrogens with zero attached hydrogens (tertiary/aromatic N) is 2. The first kappa shape index (κ1) is 19.7. The summed E-state index contributed by atoms with van der Waals surface area (Å²) in [7, 11) is 4.94. The second kappa shape index (κ2) is 8.84. The monoisotopic (exact) mass is 404 g/mol. The second-order valence-electron chi connectivity index (χ2n) is 6.74. The zero-order chi connectivity index (χ0) is 20.9. The molecule has 0 aliphatic rings. The van der Waals surface area contributed by atoms with E-state index in [1.165, 1.54) is 0 Å². The number of aromatic amines is 1. The number of aromatic nitrogens is 3. The van der Waals surface area contributed by atoms with Gasteiger partial charge in [0.25, 0.3) is 0 Å². The van der Waals surface area contributed by atoms with E-state index in [9.17, 15) is 0 Å². The fraction of sp³-hybridized carbons (Fsp3) is 0.217. The minimum atomic E-state index is 0.635. The van der Waals surface area contributed by atoms with Crippen LogP contribution in [0.5, 0.6) is 11.5 Å². The van der Waals surface area contributed by atoms with Gasteiger partial charge in [-0.3, -0.25) is 0 Å². The molecule has 0 amide bonds. The van der Waals surface area contributed by atoms with Crippen LogP contribution in [0.3, 0.4) is 0 Å². The van der Waals surface area contributed by atoms with Gasteiger partial charge >= 0.3 is 0 Å². The van der Waals surface area contributed by atoms with E-state index in [0.717, 1.165) is 39.1 Å². The molecule has 0 bridgehead atoms. The number of hydrogen-bond acceptors (Lipinski definition) is 6. The van der Waals surface area contributed by atoms with Crippen LogP contribution in [0.4, 0.5) is 5.82 Å². The van der Waals surface area contributed by atoms with E-state index in [-0.39, 0.29) is 0 Å². The zero-order valence-electron chi connectivity index (χ0n) is 17.2. The lowest BCUT2D eigenvalue weighted by atomic mass is 10.0. The number of H-pyrrole nitrogens is 1. The van der Waals surface area contributed by atoms with Crippen LogP contribution in [0, 0.1) is 0 Å². The van der Waals surface area contributed by atoms with Gasteiger partial charge in [-0.15, -0.1) is 0 Å². The van der Waals surface area contributed by atoms with E-state index in [2.05, 4.69) is 26.3 Å². The summed E-state index contributed by atoms with van der Waals surface area (Å²) in [5.41, 5.74) is 4.90. The van der Waals surface area contributed by atoms with Gasteiger partial charge in [-0.05, 0) is 35.9 Å². The van der Waals surface area contributed by atoms with E-state index in [1.807, 2.05) is 48.9 Å². The number of ether oxygens (including phenoxy) is 3. The Bertz CT molecular complexity index is 1140. The Morgan fingerprint density at radius 2 is 1.67 bits per heavy atom. The van der Waals surface area contributed by atoms with Crippen LogP contribution in [0.1, 0.15) is 0 Å². The summed E-state index contributed by atoms with van der Waals surface area (Å²) in [4.78, 5) is 12.3. The molecule has 7 nitrogen and oxygen atoms in total. The average Bonchev–Trinajstić information content (AvgIpc) is 3.22. The van der Waals surface area contributed by atoms with Gasteiger partial charge in [0, 0.05) is 54.3 Å². The number of benzene rings is 1. The van der Waals surface area contributed by atoms with Crippen LogP contribution in [0.2, 0.25) is 0 Å². The maximum Gasteiger partial charge on any atom is 0.161 e. The predicted octanol–water partition coefficient (Wildman–Crippen LogP) is 4.37. The van der Waals surface area contributed by atoms with Crippen LogP contribution in [-0.4, -0.2) is 49.4 Å². The van der Waals surface area contributed by atoms with Gasteiger partial charge in [-0.1, -0.05) is 6.07 Å². The molecule has 3 aromatic heterocycles. The highest BCUT2D eigenvalue weighted by atomic mass is 16.5. The molecular weight excluding hydrogens is 380 g/mol.